The second-order valence-electron chi connectivity index (χ2n) is 5.77. The Labute approximate surface area is 130 Å². The van der Waals surface area contributed by atoms with Crippen LogP contribution >= 0.6 is 0 Å². The standard InChI is InChI=1S/C16H23N3O3/c20-15(12-21-13-16-5-2-9-22-16)11-18-7-1-4-14(18)10-19-8-3-6-17-19/h2-3,5-6,8-9,14-15,20H,1,4,7,10-13H2/t14-,15-/m0/s1. The number of rotatable bonds is 8. The molecule has 0 radical (unpaired) electrons. The Morgan fingerprint density at radius 1 is 1.45 bits per heavy atom. The molecular formula is C16H23N3O3. The second-order valence-corrected chi connectivity index (χ2v) is 5.77. The summed E-state index contributed by atoms with van der Waals surface area (Å²) in [5, 5.41) is 14.4. The monoisotopic (exact) mass is 305 g/mol. The molecule has 0 unspecified atom stereocenters. The van der Waals surface area contributed by atoms with Crippen molar-refractivity contribution in [1.29, 1.82) is 0 Å². The fourth-order valence-electron chi connectivity index (χ4n) is 2.98. The molecule has 0 amide bonds. The number of hydrogen-bond donors (Lipinski definition) is 1. The highest BCUT2D eigenvalue weighted by Crippen LogP contribution is 2.19. The van der Waals surface area contributed by atoms with Crippen LogP contribution in [0.1, 0.15) is 18.6 Å². The molecule has 3 heterocycles. The van der Waals surface area contributed by atoms with Crippen molar-refractivity contribution in [2.45, 2.75) is 38.1 Å². The summed E-state index contributed by atoms with van der Waals surface area (Å²) in [4.78, 5) is 2.34. The molecule has 1 N–H and O–H groups in total. The highest BCUT2D eigenvalue weighted by atomic mass is 16.5. The Balaban J connectivity index is 1.40. The number of β-amino-alcohol motifs (C(OH)–C–C–N with tert-alkyl or cyclic N) is 1. The van der Waals surface area contributed by atoms with Gasteiger partial charge in [-0.25, -0.2) is 0 Å². The molecule has 3 rings (SSSR count). The first-order valence-corrected chi connectivity index (χ1v) is 7.81. The summed E-state index contributed by atoms with van der Waals surface area (Å²) in [7, 11) is 0. The van der Waals surface area contributed by atoms with Gasteiger partial charge in [0.1, 0.15) is 12.4 Å². The lowest BCUT2D eigenvalue weighted by Crippen LogP contribution is -2.40. The SMILES string of the molecule is O[C@H](COCc1ccco1)CN1CCC[C@H]1Cn1cccn1. The van der Waals surface area contributed by atoms with Crippen molar-refractivity contribution in [3.8, 4) is 0 Å². The van der Waals surface area contributed by atoms with Crippen LogP contribution in [0.25, 0.3) is 0 Å². The van der Waals surface area contributed by atoms with Crippen molar-refractivity contribution in [2.75, 3.05) is 19.7 Å². The van der Waals surface area contributed by atoms with E-state index in [0.717, 1.165) is 25.3 Å². The van der Waals surface area contributed by atoms with E-state index in [0.29, 0.717) is 25.8 Å². The Kier molecular flexibility index (Phi) is 5.26. The molecule has 0 aromatic carbocycles. The van der Waals surface area contributed by atoms with Crippen molar-refractivity contribution in [3.05, 3.63) is 42.6 Å². The van der Waals surface area contributed by atoms with Gasteiger partial charge in [-0.05, 0) is 37.6 Å². The van der Waals surface area contributed by atoms with E-state index in [2.05, 4.69) is 10.00 Å². The van der Waals surface area contributed by atoms with Crippen molar-refractivity contribution in [1.82, 2.24) is 14.7 Å². The molecule has 0 bridgehead atoms. The van der Waals surface area contributed by atoms with Crippen LogP contribution in [0.15, 0.2) is 41.3 Å². The quantitative estimate of drug-likeness (QED) is 0.801. The molecule has 120 valence electrons. The smallest absolute Gasteiger partial charge is 0.129 e. The zero-order chi connectivity index (χ0) is 15.2. The summed E-state index contributed by atoms with van der Waals surface area (Å²) in [5.41, 5.74) is 0. The van der Waals surface area contributed by atoms with E-state index in [-0.39, 0.29) is 0 Å². The maximum absolute atomic E-state index is 10.2. The van der Waals surface area contributed by atoms with Crippen molar-refractivity contribution in [3.63, 3.8) is 0 Å². The fraction of sp³-hybridized carbons (Fsp3) is 0.562. The van der Waals surface area contributed by atoms with Gasteiger partial charge in [-0.15, -0.1) is 0 Å². The van der Waals surface area contributed by atoms with E-state index in [1.54, 1.807) is 12.5 Å². The van der Waals surface area contributed by atoms with Crippen LogP contribution < -0.4 is 0 Å². The van der Waals surface area contributed by atoms with E-state index < -0.39 is 6.10 Å². The number of ether oxygens (including phenoxy) is 1. The second kappa shape index (κ2) is 7.58. The van der Waals surface area contributed by atoms with E-state index in [1.165, 1.54) is 6.42 Å². The van der Waals surface area contributed by atoms with Gasteiger partial charge in [-0.2, -0.15) is 5.10 Å². The van der Waals surface area contributed by atoms with Gasteiger partial charge >= 0.3 is 0 Å². The number of aliphatic hydroxyl groups excluding tert-OH is 1. The number of aromatic nitrogens is 2. The van der Waals surface area contributed by atoms with Gasteiger partial charge in [0.15, 0.2) is 0 Å². The molecule has 1 saturated heterocycles. The molecule has 0 aliphatic carbocycles. The minimum atomic E-state index is -0.479. The van der Waals surface area contributed by atoms with Gasteiger partial charge in [0.05, 0.1) is 25.5 Å². The van der Waals surface area contributed by atoms with Crippen molar-refractivity contribution in [2.24, 2.45) is 0 Å². The number of hydrogen-bond acceptors (Lipinski definition) is 5. The molecule has 6 heteroatoms. The topological polar surface area (TPSA) is 63.7 Å². The zero-order valence-corrected chi connectivity index (χ0v) is 12.7. The summed E-state index contributed by atoms with van der Waals surface area (Å²) < 4.78 is 12.7. The molecule has 1 fully saturated rings. The average molecular weight is 305 g/mol. The lowest BCUT2D eigenvalue weighted by atomic mass is 10.2. The minimum absolute atomic E-state index is 0.325. The first-order chi connectivity index (χ1) is 10.8. The van der Waals surface area contributed by atoms with Gasteiger partial charge < -0.3 is 14.3 Å². The van der Waals surface area contributed by atoms with Crippen LogP contribution in [-0.2, 0) is 17.9 Å². The van der Waals surface area contributed by atoms with E-state index in [4.69, 9.17) is 9.15 Å². The molecule has 6 nitrogen and oxygen atoms in total. The molecule has 0 saturated carbocycles. The van der Waals surface area contributed by atoms with Crippen LogP contribution in [0.4, 0.5) is 0 Å². The van der Waals surface area contributed by atoms with Crippen LogP contribution in [0, 0.1) is 0 Å². The summed E-state index contributed by atoms with van der Waals surface area (Å²) >= 11 is 0. The van der Waals surface area contributed by atoms with Crippen LogP contribution in [0.5, 0.6) is 0 Å². The number of furan rings is 1. The number of aliphatic hydroxyl groups is 1. The molecule has 2 aromatic heterocycles. The molecular weight excluding hydrogens is 282 g/mol. The Morgan fingerprint density at radius 2 is 2.41 bits per heavy atom. The Hall–Kier alpha value is -1.63. The van der Waals surface area contributed by atoms with Crippen LogP contribution in [0.2, 0.25) is 0 Å². The predicted octanol–water partition coefficient (Wildman–Crippen LogP) is 1.52. The molecule has 1 aliphatic heterocycles. The third kappa shape index (κ3) is 4.19. The molecule has 22 heavy (non-hydrogen) atoms. The minimum Gasteiger partial charge on any atom is -0.467 e. The third-order valence-corrected chi connectivity index (χ3v) is 4.04. The molecule has 0 spiro atoms. The summed E-state index contributed by atoms with van der Waals surface area (Å²) in [6.45, 7) is 3.28. The van der Waals surface area contributed by atoms with Gasteiger partial charge in [0, 0.05) is 25.0 Å². The normalized spacial score (nSPS) is 20.5. The highest BCUT2D eigenvalue weighted by Gasteiger charge is 2.26. The summed E-state index contributed by atoms with van der Waals surface area (Å²) in [6.07, 6.45) is 7.26. The molecule has 2 atom stereocenters. The largest absolute Gasteiger partial charge is 0.467 e. The van der Waals surface area contributed by atoms with Crippen molar-refractivity contribution >= 4 is 0 Å². The van der Waals surface area contributed by atoms with E-state index >= 15 is 0 Å². The first kappa shape index (κ1) is 15.3. The summed E-state index contributed by atoms with van der Waals surface area (Å²) in [6, 6.07) is 6.09. The summed E-state index contributed by atoms with van der Waals surface area (Å²) in [5.74, 6) is 0.782. The maximum Gasteiger partial charge on any atom is 0.129 e. The highest BCUT2D eigenvalue weighted by molar-refractivity contribution is 4.96. The van der Waals surface area contributed by atoms with Crippen molar-refractivity contribution < 1.29 is 14.3 Å². The first-order valence-electron chi connectivity index (χ1n) is 7.81. The fourth-order valence-corrected chi connectivity index (χ4v) is 2.98. The molecule has 1 aliphatic rings. The predicted molar refractivity (Wildman–Crippen MR) is 81.2 cm³/mol. The Bertz CT molecular complexity index is 527. The number of nitrogens with zero attached hydrogens (tertiary/aromatic N) is 3. The van der Waals surface area contributed by atoms with Gasteiger partial charge in [0.25, 0.3) is 0 Å². The lowest BCUT2D eigenvalue weighted by Gasteiger charge is -2.26. The van der Waals surface area contributed by atoms with Crippen LogP contribution in [0.3, 0.4) is 0 Å². The van der Waals surface area contributed by atoms with Crippen LogP contribution in [-0.4, -0.2) is 51.6 Å². The number of likely N-dealkylation sites (tertiary alicyclic amines) is 1. The van der Waals surface area contributed by atoms with Gasteiger partial charge in [-0.1, -0.05) is 0 Å². The van der Waals surface area contributed by atoms with E-state index in [9.17, 15) is 5.11 Å². The zero-order valence-electron chi connectivity index (χ0n) is 12.7. The van der Waals surface area contributed by atoms with Gasteiger partial charge in [0.2, 0.25) is 0 Å². The Morgan fingerprint density at radius 3 is 3.18 bits per heavy atom. The lowest BCUT2D eigenvalue weighted by molar-refractivity contribution is 0.00213. The average Bonchev–Trinajstić information content (AvgIpc) is 3.23. The molecule has 2 aromatic rings. The third-order valence-electron chi connectivity index (χ3n) is 4.04. The van der Waals surface area contributed by atoms with E-state index in [1.807, 2.05) is 29.1 Å². The van der Waals surface area contributed by atoms with Gasteiger partial charge in [-0.3, -0.25) is 9.58 Å². The maximum atomic E-state index is 10.2.